The second kappa shape index (κ2) is 4.88. The maximum Gasteiger partial charge on any atom is 0.492 e. The Hall–Kier alpha value is -1.02. The van der Waals surface area contributed by atoms with Crippen molar-refractivity contribution < 1.29 is 4.92 Å². The lowest BCUT2D eigenvalue weighted by Crippen LogP contribution is -2.32. The van der Waals surface area contributed by atoms with E-state index in [2.05, 4.69) is 31.3 Å². The van der Waals surface area contributed by atoms with E-state index in [9.17, 15) is 10.1 Å². The van der Waals surface area contributed by atoms with Gasteiger partial charge in [-0.1, -0.05) is 0 Å². The quantitative estimate of drug-likeness (QED) is 0.661. The van der Waals surface area contributed by atoms with Crippen molar-refractivity contribution in [2.24, 2.45) is 5.92 Å². The number of nitro groups is 1. The molecular weight excluding hydrogens is 278 g/mol. The fourth-order valence-electron chi connectivity index (χ4n) is 1.83. The molecule has 0 radical (unpaired) electrons. The summed E-state index contributed by atoms with van der Waals surface area (Å²) >= 11 is 3.18. The van der Waals surface area contributed by atoms with Gasteiger partial charge in [-0.05, 0) is 41.8 Å². The van der Waals surface area contributed by atoms with Crippen molar-refractivity contribution in [2.45, 2.75) is 19.4 Å². The Labute approximate surface area is 101 Å². The van der Waals surface area contributed by atoms with Crippen LogP contribution in [-0.2, 0) is 6.54 Å². The van der Waals surface area contributed by atoms with E-state index in [-0.39, 0.29) is 5.95 Å². The van der Waals surface area contributed by atoms with Gasteiger partial charge in [0.2, 0.25) is 0 Å². The first-order valence-corrected chi connectivity index (χ1v) is 5.91. The van der Waals surface area contributed by atoms with E-state index >= 15 is 0 Å². The average Bonchev–Trinajstić information content (AvgIpc) is 2.62. The molecule has 1 unspecified atom stereocenters. The van der Waals surface area contributed by atoms with E-state index in [4.69, 9.17) is 0 Å². The molecule has 1 aromatic heterocycles. The van der Waals surface area contributed by atoms with E-state index in [0.29, 0.717) is 17.2 Å². The molecule has 2 rings (SSSR count). The van der Waals surface area contributed by atoms with Gasteiger partial charge in [-0.25, -0.2) is 0 Å². The highest BCUT2D eigenvalue weighted by Gasteiger charge is 2.22. The zero-order chi connectivity index (χ0) is 11.5. The predicted molar refractivity (Wildman–Crippen MR) is 60.0 cm³/mol. The lowest BCUT2D eigenvalue weighted by Gasteiger charge is -2.21. The Morgan fingerprint density at radius 2 is 2.50 bits per heavy atom. The van der Waals surface area contributed by atoms with Crippen LogP contribution < -0.4 is 5.32 Å². The Kier molecular flexibility index (Phi) is 3.49. The van der Waals surface area contributed by atoms with Crippen LogP contribution in [0.4, 0.5) is 5.95 Å². The zero-order valence-electron chi connectivity index (χ0n) is 8.60. The normalized spacial score (nSPS) is 20.9. The largest absolute Gasteiger partial charge is 0.492 e. The number of aromatic nitrogens is 3. The minimum Gasteiger partial charge on any atom is -0.390 e. The van der Waals surface area contributed by atoms with Crippen molar-refractivity contribution in [2.75, 3.05) is 13.1 Å². The number of hydrogen-bond acceptors (Lipinski definition) is 5. The van der Waals surface area contributed by atoms with Crippen LogP contribution in [-0.4, -0.2) is 32.8 Å². The summed E-state index contributed by atoms with van der Waals surface area (Å²) in [7, 11) is 0. The zero-order valence-corrected chi connectivity index (χ0v) is 10.2. The molecule has 0 amide bonds. The van der Waals surface area contributed by atoms with Crippen molar-refractivity contribution in [3.63, 3.8) is 0 Å². The molecule has 1 fully saturated rings. The Morgan fingerprint density at radius 1 is 1.69 bits per heavy atom. The molecule has 0 aliphatic carbocycles. The van der Waals surface area contributed by atoms with Crippen LogP contribution in [0.25, 0.3) is 0 Å². The van der Waals surface area contributed by atoms with Crippen LogP contribution in [0, 0.1) is 16.0 Å². The number of piperidine rings is 1. The molecule has 1 aliphatic heterocycles. The summed E-state index contributed by atoms with van der Waals surface area (Å²) in [5.74, 6) is 0.113. The van der Waals surface area contributed by atoms with Gasteiger partial charge in [0.15, 0.2) is 0 Å². The first-order chi connectivity index (χ1) is 7.66. The second-order valence-corrected chi connectivity index (χ2v) is 4.54. The summed E-state index contributed by atoms with van der Waals surface area (Å²) in [6, 6.07) is 0. The molecule has 0 saturated carbocycles. The summed E-state index contributed by atoms with van der Waals surface area (Å²) in [4.78, 5) is 13.6. The van der Waals surface area contributed by atoms with Crippen molar-refractivity contribution in [3.05, 3.63) is 14.8 Å². The van der Waals surface area contributed by atoms with Gasteiger partial charge in [-0.3, -0.25) is 0 Å². The molecule has 1 saturated heterocycles. The highest BCUT2D eigenvalue weighted by Crippen LogP contribution is 2.17. The van der Waals surface area contributed by atoms with Crippen molar-refractivity contribution in [1.82, 2.24) is 20.1 Å². The van der Waals surface area contributed by atoms with E-state index in [0.717, 1.165) is 25.9 Å². The lowest BCUT2D eigenvalue weighted by atomic mass is 10.00. The number of rotatable bonds is 3. The minimum absolute atomic E-state index is 0.351. The third kappa shape index (κ3) is 2.56. The summed E-state index contributed by atoms with van der Waals surface area (Å²) in [6.07, 6.45) is 2.26. The van der Waals surface area contributed by atoms with Crippen molar-refractivity contribution in [1.29, 1.82) is 0 Å². The summed E-state index contributed by atoms with van der Waals surface area (Å²) in [5, 5.41) is 17.6. The molecule has 1 atom stereocenters. The maximum absolute atomic E-state index is 10.5. The van der Waals surface area contributed by atoms with Gasteiger partial charge in [0.1, 0.15) is 0 Å². The lowest BCUT2D eigenvalue weighted by molar-refractivity contribution is -0.394. The van der Waals surface area contributed by atoms with Crippen LogP contribution in [0.15, 0.2) is 4.73 Å². The molecule has 0 bridgehead atoms. The van der Waals surface area contributed by atoms with E-state index < -0.39 is 4.92 Å². The molecule has 16 heavy (non-hydrogen) atoms. The summed E-state index contributed by atoms with van der Waals surface area (Å²) in [5.41, 5.74) is 0. The molecule has 0 aromatic carbocycles. The Bertz CT molecular complexity index is 388. The SMILES string of the molecule is O=[N+]([O-])c1nc(Br)n(CC2CCCNC2)n1. The summed E-state index contributed by atoms with van der Waals surface area (Å²) < 4.78 is 1.97. The maximum atomic E-state index is 10.5. The number of hydrogen-bond donors (Lipinski definition) is 1. The van der Waals surface area contributed by atoms with Gasteiger partial charge in [0, 0.05) is 21.0 Å². The molecular formula is C8H12BrN5O2. The molecule has 8 heteroatoms. The Balaban J connectivity index is 2.05. The number of halogens is 1. The van der Waals surface area contributed by atoms with E-state index in [1.165, 1.54) is 0 Å². The van der Waals surface area contributed by atoms with Gasteiger partial charge in [-0.15, -0.1) is 0 Å². The van der Waals surface area contributed by atoms with E-state index in [1.54, 1.807) is 4.68 Å². The predicted octanol–water partition coefficient (Wildman–Crippen LogP) is 0.948. The molecule has 7 nitrogen and oxygen atoms in total. The van der Waals surface area contributed by atoms with Crippen LogP contribution >= 0.6 is 15.9 Å². The van der Waals surface area contributed by atoms with E-state index in [1.807, 2.05) is 0 Å². The Morgan fingerprint density at radius 3 is 3.06 bits per heavy atom. The number of nitrogens with zero attached hydrogens (tertiary/aromatic N) is 4. The first-order valence-electron chi connectivity index (χ1n) is 5.12. The van der Waals surface area contributed by atoms with Crippen LogP contribution in [0.5, 0.6) is 0 Å². The van der Waals surface area contributed by atoms with Crippen LogP contribution in [0.2, 0.25) is 0 Å². The van der Waals surface area contributed by atoms with Crippen LogP contribution in [0.1, 0.15) is 12.8 Å². The van der Waals surface area contributed by atoms with Crippen molar-refractivity contribution >= 4 is 21.9 Å². The van der Waals surface area contributed by atoms with Gasteiger partial charge in [0.25, 0.3) is 4.73 Å². The second-order valence-electron chi connectivity index (χ2n) is 3.83. The molecule has 88 valence electrons. The molecule has 1 aliphatic rings. The third-order valence-corrected chi connectivity index (χ3v) is 3.20. The van der Waals surface area contributed by atoms with Crippen LogP contribution in [0.3, 0.4) is 0 Å². The van der Waals surface area contributed by atoms with Gasteiger partial charge >= 0.3 is 5.95 Å². The highest BCUT2D eigenvalue weighted by atomic mass is 79.9. The first kappa shape index (κ1) is 11.5. The monoisotopic (exact) mass is 289 g/mol. The fourth-order valence-corrected chi connectivity index (χ4v) is 2.21. The standard InChI is InChI=1S/C8H12BrN5O2/c9-7-11-8(14(15)16)12-13(7)5-6-2-1-3-10-4-6/h6,10H,1-5H2. The summed E-state index contributed by atoms with van der Waals surface area (Å²) in [6.45, 7) is 2.64. The van der Waals surface area contributed by atoms with Gasteiger partial charge in [-0.2, -0.15) is 4.68 Å². The van der Waals surface area contributed by atoms with Gasteiger partial charge in [0.05, 0.1) is 6.54 Å². The third-order valence-electron chi connectivity index (χ3n) is 2.61. The smallest absolute Gasteiger partial charge is 0.390 e. The molecule has 1 aromatic rings. The fraction of sp³-hybridized carbons (Fsp3) is 0.750. The average molecular weight is 290 g/mol. The van der Waals surface area contributed by atoms with Crippen molar-refractivity contribution in [3.8, 4) is 0 Å². The topological polar surface area (TPSA) is 85.9 Å². The minimum atomic E-state index is -0.583. The highest BCUT2D eigenvalue weighted by molar-refractivity contribution is 9.10. The molecule has 1 N–H and O–H groups in total. The molecule has 0 spiro atoms. The van der Waals surface area contributed by atoms with Gasteiger partial charge < -0.3 is 15.4 Å². The number of nitrogens with one attached hydrogen (secondary N) is 1. The molecule has 2 heterocycles.